The summed E-state index contributed by atoms with van der Waals surface area (Å²) < 4.78 is 6.84. The van der Waals surface area contributed by atoms with Crippen LogP contribution >= 0.6 is 27.3 Å². The molecule has 4 rings (SSSR count). The molecule has 0 fully saturated rings. The molecule has 1 aliphatic rings. The largest absolute Gasteiger partial charge is 0.440 e. The molecule has 0 amide bonds. The molecular weight excluding hydrogens is 372 g/mol. The number of hydrogen-bond acceptors (Lipinski definition) is 4. The van der Waals surface area contributed by atoms with Crippen molar-refractivity contribution in [2.45, 2.75) is 5.92 Å². The van der Waals surface area contributed by atoms with Crippen LogP contribution in [0.15, 0.2) is 63.8 Å². The van der Waals surface area contributed by atoms with E-state index in [-0.39, 0.29) is 11.8 Å². The summed E-state index contributed by atoms with van der Waals surface area (Å²) in [6, 6.07) is 16.4. The molecule has 5 heteroatoms. The molecule has 3 aromatic rings. The lowest BCUT2D eigenvalue weighted by molar-refractivity contribution is 0.399. The van der Waals surface area contributed by atoms with Gasteiger partial charge in [-0.2, -0.15) is 5.26 Å². The van der Waals surface area contributed by atoms with E-state index in [1.165, 1.54) is 0 Å². The Morgan fingerprint density at radius 3 is 2.78 bits per heavy atom. The molecule has 112 valence electrons. The van der Waals surface area contributed by atoms with Crippen LogP contribution < -0.4 is 10.5 Å². The van der Waals surface area contributed by atoms with Crippen LogP contribution in [0.1, 0.15) is 16.4 Å². The summed E-state index contributed by atoms with van der Waals surface area (Å²) >= 11 is 5.09. The molecule has 1 aromatic heterocycles. The summed E-state index contributed by atoms with van der Waals surface area (Å²) in [6.07, 6.45) is 0. The minimum absolute atomic E-state index is 0.186. The summed E-state index contributed by atoms with van der Waals surface area (Å²) in [4.78, 5) is 1.07. The van der Waals surface area contributed by atoms with Crippen LogP contribution in [-0.4, -0.2) is 0 Å². The molecule has 0 saturated heterocycles. The molecule has 0 spiro atoms. The number of nitriles is 1. The van der Waals surface area contributed by atoms with Crippen molar-refractivity contribution in [1.29, 1.82) is 5.26 Å². The molecule has 1 atom stereocenters. The SMILES string of the molecule is N#CC1=C(N)Oc2c(ccc3ccccc23)[C@@H]1c1cc(Br)cs1. The quantitative estimate of drug-likeness (QED) is 0.652. The zero-order chi connectivity index (χ0) is 16.0. The predicted octanol–water partition coefficient (Wildman–Crippen LogP) is 4.88. The Morgan fingerprint density at radius 1 is 1.22 bits per heavy atom. The number of hydrogen-bond donors (Lipinski definition) is 1. The van der Waals surface area contributed by atoms with Crippen molar-refractivity contribution < 1.29 is 4.74 Å². The fourth-order valence-corrected chi connectivity index (χ4v) is 4.53. The Balaban J connectivity index is 2.02. The molecular formula is C18H11BrN2OS. The van der Waals surface area contributed by atoms with Crippen molar-refractivity contribution in [2.24, 2.45) is 5.73 Å². The highest BCUT2D eigenvalue weighted by Crippen LogP contribution is 2.46. The van der Waals surface area contributed by atoms with Crippen molar-refractivity contribution >= 4 is 38.0 Å². The van der Waals surface area contributed by atoms with E-state index >= 15 is 0 Å². The van der Waals surface area contributed by atoms with Crippen molar-refractivity contribution in [1.82, 2.24) is 0 Å². The Hall–Kier alpha value is -2.29. The predicted molar refractivity (Wildman–Crippen MR) is 95.3 cm³/mol. The van der Waals surface area contributed by atoms with Gasteiger partial charge in [0.15, 0.2) is 0 Å². The first kappa shape index (κ1) is 14.3. The number of rotatable bonds is 1. The molecule has 2 heterocycles. The van der Waals surface area contributed by atoms with E-state index in [1.54, 1.807) is 11.3 Å². The normalized spacial score (nSPS) is 16.8. The molecule has 0 radical (unpaired) electrons. The molecule has 2 aromatic carbocycles. The van der Waals surface area contributed by atoms with Crippen LogP contribution in [0.25, 0.3) is 10.8 Å². The van der Waals surface area contributed by atoms with Gasteiger partial charge in [-0.05, 0) is 27.4 Å². The van der Waals surface area contributed by atoms with Crippen molar-refractivity contribution in [3.05, 3.63) is 74.2 Å². The Bertz CT molecular complexity index is 1000. The van der Waals surface area contributed by atoms with Gasteiger partial charge in [0.05, 0.1) is 5.92 Å². The van der Waals surface area contributed by atoms with Gasteiger partial charge in [-0.3, -0.25) is 0 Å². The van der Waals surface area contributed by atoms with Gasteiger partial charge < -0.3 is 10.5 Å². The Kier molecular flexibility index (Phi) is 3.37. The summed E-state index contributed by atoms with van der Waals surface area (Å²) in [5.41, 5.74) is 7.49. The van der Waals surface area contributed by atoms with Gasteiger partial charge in [0.25, 0.3) is 0 Å². The van der Waals surface area contributed by atoms with E-state index in [4.69, 9.17) is 10.5 Å². The smallest absolute Gasteiger partial charge is 0.205 e. The van der Waals surface area contributed by atoms with E-state index in [0.29, 0.717) is 5.57 Å². The van der Waals surface area contributed by atoms with Crippen LogP contribution in [0, 0.1) is 11.3 Å². The maximum Gasteiger partial charge on any atom is 0.205 e. The van der Waals surface area contributed by atoms with E-state index in [0.717, 1.165) is 31.4 Å². The standard InChI is InChI=1S/C18H11BrN2OS/c19-11-7-15(23-9-11)16-13-6-5-10-3-1-2-4-12(10)17(13)22-18(21)14(16)8-20/h1-7,9,16H,21H2/t16-/m0/s1. The lowest BCUT2D eigenvalue weighted by Gasteiger charge is -2.26. The van der Waals surface area contributed by atoms with Gasteiger partial charge in [0.2, 0.25) is 5.88 Å². The number of ether oxygens (including phenoxy) is 1. The van der Waals surface area contributed by atoms with Gasteiger partial charge in [-0.1, -0.05) is 36.4 Å². The van der Waals surface area contributed by atoms with E-state index in [1.807, 2.05) is 41.8 Å². The van der Waals surface area contributed by atoms with Crippen molar-refractivity contribution in [3.63, 3.8) is 0 Å². The summed E-state index contributed by atoms with van der Waals surface area (Å²) in [5.74, 6) is 0.740. The van der Waals surface area contributed by atoms with Gasteiger partial charge in [0.1, 0.15) is 17.4 Å². The van der Waals surface area contributed by atoms with Gasteiger partial charge in [0, 0.05) is 25.7 Å². The fourth-order valence-electron chi connectivity index (χ4n) is 2.96. The third kappa shape index (κ3) is 2.23. The minimum Gasteiger partial charge on any atom is -0.440 e. The second kappa shape index (κ2) is 5.41. The highest BCUT2D eigenvalue weighted by Gasteiger charge is 2.32. The molecule has 0 aliphatic carbocycles. The van der Waals surface area contributed by atoms with Crippen molar-refractivity contribution in [2.75, 3.05) is 0 Å². The topological polar surface area (TPSA) is 59.0 Å². The first-order chi connectivity index (χ1) is 11.2. The maximum absolute atomic E-state index is 9.56. The highest BCUT2D eigenvalue weighted by atomic mass is 79.9. The molecule has 1 aliphatic heterocycles. The number of thiophene rings is 1. The van der Waals surface area contributed by atoms with E-state index in [9.17, 15) is 5.26 Å². The summed E-state index contributed by atoms with van der Waals surface area (Å²) in [7, 11) is 0. The van der Waals surface area contributed by atoms with Gasteiger partial charge in [-0.25, -0.2) is 0 Å². The lowest BCUT2D eigenvalue weighted by atomic mass is 9.86. The average molecular weight is 383 g/mol. The van der Waals surface area contributed by atoms with Crippen LogP contribution in [0.3, 0.4) is 0 Å². The van der Waals surface area contributed by atoms with Crippen LogP contribution in [0.4, 0.5) is 0 Å². The number of nitrogens with two attached hydrogens (primary N) is 1. The zero-order valence-corrected chi connectivity index (χ0v) is 14.3. The number of fused-ring (bicyclic) bond motifs is 3. The maximum atomic E-state index is 9.56. The van der Waals surface area contributed by atoms with Gasteiger partial charge in [-0.15, -0.1) is 11.3 Å². The molecule has 2 N–H and O–H groups in total. The minimum atomic E-state index is -0.190. The van der Waals surface area contributed by atoms with Crippen LogP contribution in [0.5, 0.6) is 5.75 Å². The van der Waals surface area contributed by atoms with E-state index in [2.05, 4.69) is 28.1 Å². The average Bonchev–Trinajstić information content (AvgIpc) is 2.99. The second-order valence-electron chi connectivity index (χ2n) is 5.30. The summed E-state index contributed by atoms with van der Waals surface area (Å²) in [5, 5.41) is 13.7. The third-order valence-corrected chi connectivity index (χ3v) is 5.74. The molecule has 23 heavy (non-hydrogen) atoms. The number of benzene rings is 2. The monoisotopic (exact) mass is 382 g/mol. The number of nitrogens with zero attached hydrogens (tertiary/aromatic N) is 1. The zero-order valence-electron chi connectivity index (χ0n) is 11.9. The Morgan fingerprint density at radius 2 is 2.04 bits per heavy atom. The molecule has 0 bridgehead atoms. The third-order valence-electron chi connectivity index (χ3n) is 3.98. The molecule has 0 saturated carbocycles. The second-order valence-corrected chi connectivity index (χ2v) is 7.16. The van der Waals surface area contributed by atoms with E-state index < -0.39 is 0 Å². The Labute approximate surface area is 145 Å². The first-order valence-corrected chi connectivity index (χ1v) is 8.69. The number of halogens is 1. The van der Waals surface area contributed by atoms with Crippen LogP contribution in [0.2, 0.25) is 0 Å². The van der Waals surface area contributed by atoms with Crippen molar-refractivity contribution in [3.8, 4) is 11.8 Å². The molecule has 0 unspecified atom stereocenters. The summed E-state index contributed by atoms with van der Waals surface area (Å²) in [6.45, 7) is 0. The lowest BCUT2D eigenvalue weighted by Crippen LogP contribution is -2.20. The first-order valence-electron chi connectivity index (χ1n) is 7.02. The van der Waals surface area contributed by atoms with Crippen LogP contribution in [-0.2, 0) is 0 Å². The fraction of sp³-hybridized carbons (Fsp3) is 0.0556. The molecule has 3 nitrogen and oxygen atoms in total. The highest BCUT2D eigenvalue weighted by molar-refractivity contribution is 9.10. The number of allylic oxidation sites excluding steroid dienone is 1. The van der Waals surface area contributed by atoms with Gasteiger partial charge >= 0.3 is 0 Å².